The van der Waals surface area contributed by atoms with Gasteiger partial charge < -0.3 is 5.32 Å². The van der Waals surface area contributed by atoms with Gasteiger partial charge in [0, 0.05) is 12.2 Å². The van der Waals surface area contributed by atoms with E-state index in [0.29, 0.717) is 12.8 Å². The minimum absolute atomic E-state index is 0.0907. The topological polar surface area (TPSA) is 66.5 Å². The van der Waals surface area contributed by atoms with Gasteiger partial charge in [0.25, 0.3) is 0 Å². The van der Waals surface area contributed by atoms with E-state index in [1.807, 2.05) is 0 Å². The molecule has 1 fully saturated rings. The molecule has 0 spiro atoms. The smallest absolute Gasteiger partial charge is 0.325 e. The molecule has 10 heteroatoms. The van der Waals surface area contributed by atoms with Gasteiger partial charge in [-0.1, -0.05) is 11.6 Å². The van der Waals surface area contributed by atoms with Crippen molar-refractivity contribution >= 4 is 33.2 Å². The molecule has 0 radical (unpaired) electrons. The van der Waals surface area contributed by atoms with Crippen LogP contribution in [0.4, 0.5) is 18.9 Å². The third-order valence-electron chi connectivity index (χ3n) is 3.47. The molecule has 0 bridgehead atoms. The molecule has 1 amide bonds. The maximum absolute atomic E-state index is 12.8. The first kappa shape index (κ1) is 18.0. The fourth-order valence-electron chi connectivity index (χ4n) is 2.44. The number of hydrogen-bond donors (Lipinski definition) is 1. The van der Waals surface area contributed by atoms with Gasteiger partial charge in [0.15, 0.2) is 0 Å². The van der Waals surface area contributed by atoms with Crippen LogP contribution in [-0.2, 0) is 21.0 Å². The van der Waals surface area contributed by atoms with Crippen molar-refractivity contribution in [3.8, 4) is 0 Å². The Morgan fingerprint density at radius 3 is 2.61 bits per heavy atom. The number of alkyl halides is 3. The van der Waals surface area contributed by atoms with E-state index in [0.717, 1.165) is 22.7 Å². The van der Waals surface area contributed by atoms with Crippen molar-refractivity contribution in [2.75, 3.05) is 18.1 Å². The van der Waals surface area contributed by atoms with Crippen molar-refractivity contribution in [1.82, 2.24) is 4.31 Å². The maximum Gasteiger partial charge on any atom is 0.417 e. The van der Waals surface area contributed by atoms with Crippen LogP contribution in [0.25, 0.3) is 0 Å². The summed E-state index contributed by atoms with van der Waals surface area (Å²) in [4.78, 5) is 12.2. The molecule has 23 heavy (non-hydrogen) atoms. The zero-order valence-electron chi connectivity index (χ0n) is 12.0. The molecule has 2 rings (SSSR count). The normalized spacial score (nSPS) is 19.8. The highest BCUT2D eigenvalue weighted by atomic mass is 35.5. The molecule has 0 saturated carbocycles. The second-order valence-electron chi connectivity index (χ2n) is 5.21. The Labute approximate surface area is 136 Å². The molecule has 1 heterocycles. The fraction of sp³-hybridized carbons (Fsp3) is 0.462. The summed E-state index contributed by atoms with van der Waals surface area (Å²) in [5.74, 6) is -0.664. The number of rotatable bonds is 3. The van der Waals surface area contributed by atoms with Crippen LogP contribution in [0.15, 0.2) is 18.2 Å². The minimum atomic E-state index is -4.65. The van der Waals surface area contributed by atoms with E-state index in [1.54, 1.807) is 0 Å². The zero-order valence-corrected chi connectivity index (χ0v) is 13.6. The first-order chi connectivity index (χ1) is 10.5. The number of carbonyl (C=O) groups is 1. The third-order valence-corrected chi connectivity index (χ3v) is 5.09. The van der Waals surface area contributed by atoms with Gasteiger partial charge in [0.05, 0.1) is 16.8 Å². The molecule has 1 atom stereocenters. The van der Waals surface area contributed by atoms with Gasteiger partial charge in [-0.15, -0.1) is 0 Å². The molecule has 128 valence electrons. The number of amides is 1. The predicted octanol–water partition coefficient (Wildman–Crippen LogP) is 2.72. The summed E-state index contributed by atoms with van der Waals surface area (Å²) in [5, 5.41) is 1.84. The number of nitrogens with zero attached hydrogens (tertiary/aromatic N) is 1. The van der Waals surface area contributed by atoms with Crippen LogP contribution < -0.4 is 5.32 Å². The standard InChI is InChI=1S/C13H14ClF3N2O3S/c1-23(21,22)19-6-2-3-11(19)12(20)18-8-4-5-10(14)9(7-8)13(15,16)17/h4-5,7,11H,2-3,6H2,1H3,(H,18,20)/t11-/m1/s1. The van der Waals surface area contributed by atoms with Gasteiger partial charge in [-0.25, -0.2) is 8.42 Å². The molecule has 0 unspecified atom stereocenters. The van der Waals surface area contributed by atoms with Crippen LogP contribution in [0, 0.1) is 0 Å². The minimum Gasteiger partial charge on any atom is -0.325 e. The molecule has 1 aliphatic rings. The van der Waals surface area contributed by atoms with Crippen molar-refractivity contribution in [3.63, 3.8) is 0 Å². The SMILES string of the molecule is CS(=O)(=O)N1CCC[C@@H]1C(=O)Nc1ccc(Cl)c(C(F)(F)F)c1. The van der Waals surface area contributed by atoms with Crippen molar-refractivity contribution in [3.05, 3.63) is 28.8 Å². The summed E-state index contributed by atoms with van der Waals surface area (Å²) in [5.41, 5.74) is -1.16. The number of benzene rings is 1. The van der Waals surface area contributed by atoms with Gasteiger partial charge in [-0.2, -0.15) is 17.5 Å². The lowest BCUT2D eigenvalue weighted by atomic mass is 10.1. The summed E-state index contributed by atoms with van der Waals surface area (Å²) >= 11 is 5.51. The maximum atomic E-state index is 12.8. The lowest BCUT2D eigenvalue weighted by Crippen LogP contribution is -2.42. The summed E-state index contributed by atoms with van der Waals surface area (Å²) in [6.45, 7) is 0.214. The highest BCUT2D eigenvalue weighted by Gasteiger charge is 2.37. The number of anilines is 1. The van der Waals surface area contributed by atoms with E-state index in [4.69, 9.17) is 11.6 Å². The molecular formula is C13H14ClF3N2O3S. The number of hydrogen-bond acceptors (Lipinski definition) is 3. The molecular weight excluding hydrogens is 357 g/mol. The Balaban J connectivity index is 2.21. The predicted molar refractivity (Wildman–Crippen MR) is 79.7 cm³/mol. The Morgan fingerprint density at radius 2 is 2.04 bits per heavy atom. The number of nitrogens with one attached hydrogen (secondary N) is 1. The van der Waals surface area contributed by atoms with E-state index in [1.165, 1.54) is 6.07 Å². The largest absolute Gasteiger partial charge is 0.417 e. The third kappa shape index (κ3) is 4.15. The van der Waals surface area contributed by atoms with Crippen LogP contribution in [0.3, 0.4) is 0 Å². The van der Waals surface area contributed by atoms with Crippen LogP contribution in [0.5, 0.6) is 0 Å². The fourth-order valence-corrected chi connectivity index (χ4v) is 3.79. The first-order valence-electron chi connectivity index (χ1n) is 6.64. The molecule has 0 aliphatic carbocycles. The average Bonchev–Trinajstić information content (AvgIpc) is 2.89. The van der Waals surface area contributed by atoms with E-state index in [-0.39, 0.29) is 12.2 Å². The van der Waals surface area contributed by atoms with Gasteiger partial charge in [0.1, 0.15) is 6.04 Å². The Bertz CT molecular complexity index is 722. The summed E-state index contributed by atoms with van der Waals surface area (Å²) in [6.07, 6.45) is -2.83. The monoisotopic (exact) mass is 370 g/mol. The molecule has 1 aliphatic heterocycles. The molecule has 1 saturated heterocycles. The van der Waals surface area contributed by atoms with Gasteiger partial charge in [0.2, 0.25) is 15.9 Å². The summed E-state index contributed by atoms with van der Waals surface area (Å²) < 4.78 is 62.7. The Kier molecular flexibility index (Phi) is 4.93. The van der Waals surface area contributed by atoms with Crippen molar-refractivity contribution in [1.29, 1.82) is 0 Å². The molecule has 0 aromatic heterocycles. The first-order valence-corrected chi connectivity index (χ1v) is 8.87. The molecule has 1 N–H and O–H groups in total. The van der Waals surface area contributed by atoms with Crippen LogP contribution >= 0.6 is 11.6 Å². The van der Waals surface area contributed by atoms with E-state index >= 15 is 0 Å². The molecule has 1 aromatic rings. The van der Waals surface area contributed by atoms with Crippen LogP contribution in [-0.4, -0.2) is 37.5 Å². The Morgan fingerprint density at radius 1 is 1.39 bits per heavy atom. The molecule has 5 nitrogen and oxygen atoms in total. The van der Waals surface area contributed by atoms with E-state index in [9.17, 15) is 26.4 Å². The van der Waals surface area contributed by atoms with Gasteiger partial charge in [-0.3, -0.25) is 4.79 Å². The zero-order chi connectivity index (χ0) is 17.4. The summed E-state index contributed by atoms with van der Waals surface area (Å²) in [6, 6.07) is 2.06. The van der Waals surface area contributed by atoms with Gasteiger partial charge >= 0.3 is 6.18 Å². The van der Waals surface area contributed by atoms with Crippen molar-refractivity contribution < 1.29 is 26.4 Å². The van der Waals surface area contributed by atoms with Crippen molar-refractivity contribution in [2.24, 2.45) is 0 Å². The summed E-state index contributed by atoms with van der Waals surface area (Å²) in [7, 11) is -3.56. The second-order valence-corrected chi connectivity index (χ2v) is 7.56. The van der Waals surface area contributed by atoms with E-state index < -0.39 is 38.7 Å². The highest BCUT2D eigenvalue weighted by molar-refractivity contribution is 7.88. The Hall–Kier alpha value is -1.32. The van der Waals surface area contributed by atoms with Crippen LogP contribution in [0.1, 0.15) is 18.4 Å². The average molecular weight is 371 g/mol. The van der Waals surface area contributed by atoms with E-state index in [2.05, 4.69) is 5.32 Å². The number of carbonyl (C=O) groups excluding carboxylic acids is 1. The molecule has 1 aromatic carbocycles. The van der Waals surface area contributed by atoms with Crippen LogP contribution in [0.2, 0.25) is 5.02 Å². The lowest BCUT2D eigenvalue weighted by molar-refractivity contribution is -0.137. The quantitative estimate of drug-likeness (QED) is 0.889. The number of sulfonamides is 1. The number of halogens is 4. The van der Waals surface area contributed by atoms with Gasteiger partial charge in [-0.05, 0) is 31.0 Å². The van der Waals surface area contributed by atoms with Crippen molar-refractivity contribution in [2.45, 2.75) is 25.1 Å². The lowest BCUT2D eigenvalue weighted by Gasteiger charge is -2.21. The second kappa shape index (κ2) is 6.29. The highest BCUT2D eigenvalue weighted by Crippen LogP contribution is 2.36.